The number of thiazole rings is 1. The first kappa shape index (κ1) is 14.5. The molecule has 2 aromatic rings. The Morgan fingerprint density at radius 1 is 1.37 bits per heavy atom. The Morgan fingerprint density at radius 2 is 2.05 bits per heavy atom. The molecule has 0 spiro atoms. The third-order valence-electron chi connectivity index (χ3n) is 2.45. The number of benzene rings is 1. The smallest absolute Gasteiger partial charge is 0.388 e. The molecule has 0 amide bonds. The van der Waals surface area contributed by atoms with E-state index in [0.29, 0.717) is 9.35 Å². The lowest BCUT2D eigenvalue weighted by atomic mass is 10.1. The second-order valence-electron chi connectivity index (χ2n) is 3.93. The molecule has 1 unspecified atom stereocenters. The summed E-state index contributed by atoms with van der Waals surface area (Å²) in [6, 6.07) is 3.93. The van der Waals surface area contributed by atoms with E-state index in [2.05, 4.69) is 20.9 Å². The summed E-state index contributed by atoms with van der Waals surface area (Å²) in [4.78, 5) is 4.49. The van der Waals surface area contributed by atoms with Crippen molar-refractivity contribution in [3.63, 3.8) is 0 Å². The Morgan fingerprint density at radius 3 is 2.58 bits per heavy atom. The molecule has 1 N–H and O–H groups in total. The Kier molecular flexibility index (Phi) is 3.98. The quantitative estimate of drug-likeness (QED) is 0.854. The number of halogens is 4. The molecule has 1 aromatic carbocycles. The van der Waals surface area contributed by atoms with Gasteiger partial charge < -0.3 is 5.11 Å². The van der Waals surface area contributed by atoms with Crippen molar-refractivity contribution in [1.82, 2.24) is 4.98 Å². The lowest BCUT2D eigenvalue weighted by molar-refractivity contribution is -0.137. The maximum absolute atomic E-state index is 13.0. The fourth-order valence-corrected chi connectivity index (χ4v) is 2.80. The largest absolute Gasteiger partial charge is 0.417 e. The number of rotatable bonds is 2. The van der Waals surface area contributed by atoms with E-state index in [9.17, 15) is 18.3 Å². The van der Waals surface area contributed by atoms with E-state index in [1.54, 1.807) is 6.92 Å². The zero-order valence-corrected chi connectivity index (χ0v) is 12.1. The standard InChI is InChI=1S/C12H9BrF3NOS/c1-6(18)10-5-17-11(19-10)8-3-2-7(13)4-9(8)12(14,15)16/h2-6,18H,1H3. The number of alkyl halides is 3. The molecule has 2 nitrogen and oxygen atoms in total. The van der Waals surface area contributed by atoms with Crippen LogP contribution < -0.4 is 0 Å². The van der Waals surface area contributed by atoms with Gasteiger partial charge in [-0.15, -0.1) is 11.3 Å². The number of nitrogens with zero attached hydrogens (tertiary/aromatic N) is 1. The average molecular weight is 352 g/mol. The minimum absolute atomic E-state index is 0.0209. The van der Waals surface area contributed by atoms with E-state index in [-0.39, 0.29) is 10.6 Å². The van der Waals surface area contributed by atoms with Gasteiger partial charge in [-0.3, -0.25) is 0 Å². The van der Waals surface area contributed by atoms with Crippen molar-refractivity contribution < 1.29 is 18.3 Å². The van der Waals surface area contributed by atoms with Crippen molar-refractivity contribution in [2.75, 3.05) is 0 Å². The summed E-state index contributed by atoms with van der Waals surface area (Å²) in [5.41, 5.74) is -0.721. The average Bonchev–Trinajstić information content (AvgIpc) is 2.77. The van der Waals surface area contributed by atoms with Gasteiger partial charge in [0.2, 0.25) is 0 Å². The van der Waals surface area contributed by atoms with Crippen molar-refractivity contribution in [2.45, 2.75) is 19.2 Å². The number of aliphatic hydroxyl groups excluding tert-OH is 1. The van der Waals surface area contributed by atoms with Crippen molar-refractivity contribution in [3.05, 3.63) is 39.3 Å². The third-order valence-corrected chi connectivity index (χ3v) is 4.15. The van der Waals surface area contributed by atoms with Gasteiger partial charge in [0.25, 0.3) is 0 Å². The molecular weight excluding hydrogens is 343 g/mol. The summed E-state index contributed by atoms with van der Waals surface area (Å²) < 4.78 is 39.3. The first-order valence-electron chi connectivity index (χ1n) is 5.30. The Bertz CT molecular complexity index is 595. The molecule has 1 heterocycles. The zero-order chi connectivity index (χ0) is 14.2. The van der Waals surface area contributed by atoms with Gasteiger partial charge in [-0.05, 0) is 19.1 Å². The van der Waals surface area contributed by atoms with Crippen LogP contribution in [0, 0.1) is 0 Å². The van der Waals surface area contributed by atoms with Crippen molar-refractivity contribution in [2.24, 2.45) is 0 Å². The third kappa shape index (κ3) is 3.16. The molecule has 0 bridgehead atoms. The molecule has 1 atom stereocenters. The Labute approximate surface area is 120 Å². The minimum atomic E-state index is -4.45. The van der Waals surface area contributed by atoms with Gasteiger partial charge in [0, 0.05) is 16.2 Å². The van der Waals surface area contributed by atoms with Gasteiger partial charge >= 0.3 is 6.18 Å². The molecular formula is C12H9BrF3NOS. The fraction of sp³-hybridized carbons (Fsp3) is 0.250. The fourth-order valence-electron chi connectivity index (χ4n) is 1.54. The van der Waals surface area contributed by atoms with E-state index < -0.39 is 17.8 Å². The van der Waals surface area contributed by atoms with E-state index >= 15 is 0 Å². The van der Waals surface area contributed by atoms with Gasteiger partial charge in [0.05, 0.1) is 16.5 Å². The van der Waals surface area contributed by atoms with E-state index in [1.165, 1.54) is 18.3 Å². The van der Waals surface area contributed by atoms with Crippen molar-refractivity contribution in [1.29, 1.82) is 0 Å². The number of aromatic nitrogens is 1. The predicted molar refractivity (Wildman–Crippen MR) is 70.9 cm³/mol. The van der Waals surface area contributed by atoms with Crippen molar-refractivity contribution >= 4 is 27.3 Å². The highest BCUT2D eigenvalue weighted by Gasteiger charge is 2.34. The topological polar surface area (TPSA) is 33.1 Å². The molecule has 0 fully saturated rings. The molecule has 2 rings (SSSR count). The maximum atomic E-state index is 13.0. The van der Waals surface area contributed by atoms with Crippen LogP contribution in [0.1, 0.15) is 23.5 Å². The molecule has 0 radical (unpaired) electrons. The van der Waals surface area contributed by atoms with E-state index in [0.717, 1.165) is 17.4 Å². The SMILES string of the molecule is CC(O)c1cnc(-c2ccc(Br)cc2C(F)(F)F)s1. The summed E-state index contributed by atoms with van der Waals surface area (Å²) in [5.74, 6) is 0. The lowest BCUT2D eigenvalue weighted by Gasteiger charge is -2.11. The zero-order valence-electron chi connectivity index (χ0n) is 9.70. The Balaban J connectivity index is 2.55. The van der Waals surface area contributed by atoms with Crippen LogP contribution in [0.5, 0.6) is 0 Å². The summed E-state index contributed by atoms with van der Waals surface area (Å²) in [6.45, 7) is 1.55. The van der Waals surface area contributed by atoms with Crippen LogP contribution in [0.4, 0.5) is 13.2 Å². The van der Waals surface area contributed by atoms with Gasteiger partial charge in [-0.25, -0.2) is 4.98 Å². The molecule has 0 aliphatic carbocycles. The molecule has 0 saturated heterocycles. The van der Waals surface area contributed by atoms with Crippen LogP contribution in [0.2, 0.25) is 0 Å². The molecule has 7 heteroatoms. The highest BCUT2D eigenvalue weighted by molar-refractivity contribution is 9.10. The second kappa shape index (κ2) is 5.22. The van der Waals surface area contributed by atoms with Crippen LogP contribution in [0.15, 0.2) is 28.9 Å². The molecule has 0 aliphatic heterocycles. The molecule has 0 aliphatic rings. The molecule has 0 saturated carbocycles. The predicted octanol–water partition coefficient (Wildman–Crippen LogP) is 4.64. The summed E-state index contributed by atoms with van der Waals surface area (Å²) in [7, 11) is 0. The second-order valence-corrected chi connectivity index (χ2v) is 5.91. The highest BCUT2D eigenvalue weighted by Crippen LogP contribution is 2.40. The summed E-state index contributed by atoms with van der Waals surface area (Å²) in [5, 5.41) is 9.64. The van der Waals surface area contributed by atoms with Gasteiger partial charge in [-0.2, -0.15) is 13.2 Å². The van der Waals surface area contributed by atoms with Crippen LogP contribution in [-0.4, -0.2) is 10.1 Å². The van der Waals surface area contributed by atoms with Crippen LogP contribution in [-0.2, 0) is 6.18 Å². The van der Waals surface area contributed by atoms with Crippen LogP contribution in [0.3, 0.4) is 0 Å². The minimum Gasteiger partial charge on any atom is -0.388 e. The number of hydrogen-bond donors (Lipinski definition) is 1. The molecule has 19 heavy (non-hydrogen) atoms. The maximum Gasteiger partial charge on any atom is 0.417 e. The van der Waals surface area contributed by atoms with Gasteiger partial charge in [0.15, 0.2) is 0 Å². The van der Waals surface area contributed by atoms with Gasteiger partial charge in [0.1, 0.15) is 5.01 Å². The highest BCUT2D eigenvalue weighted by atomic mass is 79.9. The summed E-state index contributed by atoms with van der Waals surface area (Å²) in [6.07, 6.45) is -3.79. The summed E-state index contributed by atoms with van der Waals surface area (Å²) >= 11 is 4.09. The Hall–Kier alpha value is -0.920. The molecule has 102 valence electrons. The number of aliphatic hydroxyl groups is 1. The van der Waals surface area contributed by atoms with E-state index in [1.807, 2.05) is 0 Å². The normalized spacial score (nSPS) is 13.6. The first-order chi connectivity index (χ1) is 8.79. The van der Waals surface area contributed by atoms with Crippen molar-refractivity contribution in [3.8, 4) is 10.6 Å². The first-order valence-corrected chi connectivity index (χ1v) is 6.91. The van der Waals surface area contributed by atoms with Gasteiger partial charge in [-0.1, -0.05) is 22.0 Å². The monoisotopic (exact) mass is 351 g/mol. The van der Waals surface area contributed by atoms with Crippen LogP contribution in [0.25, 0.3) is 10.6 Å². The number of hydrogen-bond acceptors (Lipinski definition) is 3. The lowest BCUT2D eigenvalue weighted by Crippen LogP contribution is -2.07. The van der Waals surface area contributed by atoms with Crippen LogP contribution >= 0.6 is 27.3 Å². The van der Waals surface area contributed by atoms with E-state index in [4.69, 9.17) is 0 Å². The molecule has 1 aromatic heterocycles.